The molecule has 0 radical (unpaired) electrons. The smallest absolute Gasteiger partial charge is 0.269 e. The van der Waals surface area contributed by atoms with Gasteiger partial charge >= 0.3 is 0 Å². The van der Waals surface area contributed by atoms with Crippen LogP contribution >= 0.6 is 11.8 Å². The molecule has 140 valence electrons. The van der Waals surface area contributed by atoms with Crippen molar-refractivity contribution in [1.82, 2.24) is 0 Å². The van der Waals surface area contributed by atoms with Crippen LogP contribution in [-0.4, -0.2) is 21.4 Å². The highest BCUT2D eigenvalue weighted by atomic mass is 32.2. The highest BCUT2D eigenvalue weighted by Crippen LogP contribution is 2.42. The molecule has 0 amide bonds. The number of hydrogen-bond donors (Lipinski definition) is 1. The lowest BCUT2D eigenvalue weighted by atomic mass is 9.96. The number of anilines is 1. The number of benzene rings is 2. The summed E-state index contributed by atoms with van der Waals surface area (Å²) in [6.45, 7) is 2.03. The van der Waals surface area contributed by atoms with E-state index in [0.29, 0.717) is 0 Å². The molecule has 0 aromatic heterocycles. The van der Waals surface area contributed by atoms with E-state index in [1.165, 1.54) is 25.7 Å². The molecule has 0 atom stereocenters. The molecule has 2 aromatic carbocycles. The SMILES string of the molecule is CCc1cc([N+](=O)[O-])ccc1-c1ccccc1NC1=NC2(CCCC2)CS1. The Bertz CT molecular complexity index is 904. The van der Waals surface area contributed by atoms with Crippen LogP contribution in [-0.2, 0) is 6.42 Å². The summed E-state index contributed by atoms with van der Waals surface area (Å²) in [5, 5.41) is 15.6. The molecule has 4 rings (SSSR count). The first-order valence-corrected chi connectivity index (χ1v) is 10.5. The maximum atomic E-state index is 11.1. The van der Waals surface area contributed by atoms with E-state index in [1.54, 1.807) is 23.9 Å². The minimum Gasteiger partial charge on any atom is -0.334 e. The van der Waals surface area contributed by atoms with Gasteiger partial charge in [0.25, 0.3) is 5.69 Å². The third-order valence-electron chi connectivity index (χ3n) is 5.49. The molecule has 2 aromatic rings. The normalized spacial score (nSPS) is 17.9. The van der Waals surface area contributed by atoms with Gasteiger partial charge in [-0.2, -0.15) is 0 Å². The van der Waals surface area contributed by atoms with E-state index < -0.39 is 0 Å². The number of nitrogens with one attached hydrogen (secondary N) is 1. The molecule has 6 heteroatoms. The number of aryl methyl sites for hydroxylation is 1. The fourth-order valence-corrected chi connectivity index (χ4v) is 5.23. The van der Waals surface area contributed by atoms with E-state index in [4.69, 9.17) is 4.99 Å². The number of thioether (sulfide) groups is 1. The first-order chi connectivity index (χ1) is 13.1. The van der Waals surface area contributed by atoms with Crippen molar-refractivity contribution in [2.24, 2.45) is 4.99 Å². The topological polar surface area (TPSA) is 67.5 Å². The third-order valence-corrected chi connectivity index (χ3v) is 6.64. The summed E-state index contributed by atoms with van der Waals surface area (Å²) in [6, 6.07) is 13.3. The number of rotatable bonds is 4. The lowest BCUT2D eigenvalue weighted by Gasteiger charge is -2.16. The second kappa shape index (κ2) is 7.35. The Morgan fingerprint density at radius 1 is 1.19 bits per heavy atom. The van der Waals surface area contributed by atoms with Crippen molar-refractivity contribution in [2.75, 3.05) is 11.1 Å². The lowest BCUT2D eigenvalue weighted by molar-refractivity contribution is -0.384. The Kier molecular flexibility index (Phi) is 4.91. The zero-order valence-corrected chi connectivity index (χ0v) is 16.2. The molecule has 5 nitrogen and oxygen atoms in total. The van der Waals surface area contributed by atoms with E-state index in [1.807, 2.05) is 25.1 Å². The van der Waals surface area contributed by atoms with Crippen LogP contribution in [0.3, 0.4) is 0 Å². The van der Waals surface area contributed by atoms with Crippen molar-refractivity contribution < 1.29 is 4.92 Å². The average Bonchev–Trinajstić information content (AvgIpc) is 3.31. The molecule has 0 unspecified atom stereocenters. The van der Waals surface area contributed by atoms with Crippen LogP contribution in [0.25, 0.3) is 11.1 Å². The van der Waals surface area contributed by atoms with Crippen molar-refractivity contribution in [3.05, 3.63) is 58.1 Å². The summed E-state index contributed by atoms with van der Waals surface area (Å²) in [6.07, 6.45) is 5.67. The van der Waals surface area contributed by atoms with E-state index >= 15 is 0 Å². The van der Waals surface area contributed by atoms with E-state index in [0.717, 1.165) is 39.7 Å². The summed E-state index contributed by atoms with van der Waals surface area (Å²) in [4.78, 5) is 15.8. The molecule has 0 saturated heterocycles. The molecule has 0 bridgehead atoms. The number of nitro groups is 1. The van der Waals surface area contributed by atoms with Gasteiger partial charge in [-0.15, -0.1) is 0 Å². The Morgan fingerprint density at radius 2 is 1.96 bits per heavy atom. The second-order valence-electron chi connectivity index (χ2n) is 7.26. The van der Waals surface area contributed by atoms with E-state index in [2.05, 4.69) is 17.4 Å². The van der Waals surface area contributed by atoms with Gasteiger partial charge in [0.05, 0.1) is 10.5 Å². The van der Waals surface area contributed by atoms with Gasteiger partial charge in [0.15, 0.2) is 5.17 Å². The maximum Gasteiger partial charge on any atom is 0.269 e. The Morgan fingerprint density at radius 3 is 2.70 bits per heavy atom. The predicted octanol–water partition coefficient (Wildman–Crippen LogP) is 5.65. The zero-order chi connectivity index (χ0) is 18.9. The molecule has 1 fully saturated rings. The molecule has 2 aliphatic rings. The highest BCUT2D eigenvalue weighted by molar-refractivity contribution is 8.14. The fraction of sp³-hybridized carbons (Fsp3) is 0.381. The van der Waals surface area contributed by atoms with Gasteiger partial charge in [-0.25, -0.2) is 0 Å². The highest BCUT2D eigenvalue weighted by Gasteiger charge is 2.38. The van der Waals surface area contributed by atoms with Crippen molar-refractivity contribution in [2.45, 2.75) is 44.6 Å². The molecule has 27 heavy (non-hydrogen) atoms. The summed E-state index contributed by atoms with van der Waals surface area (Å²) in [5.74, 6) is 1.06. The van der Waals surface area contributed by atoms with Crippen LogP contribution in [0.2, 0.25) is 0 Å². The van der Waals surface area contributed by atoms with Crippen molar-refractivity contribution in [3.8, 4) is 11.1 Å². The number of nitrogens with zero attached hydrogens (tertiary/aromatic N) is 2. The monoisotopic (exact) mass is 381 g/mol. The quantitative estimate of drug-likeness (QED) is 0.549. The number of amidine groups is 1. The largest absolute Gasteiger partial charge is 0.334 e. The number of aliphatic imine (C=N–C) groups is 1. The molecule has 1 saturated carbocycles. The van der Waals surface area contributed by atoms with E-state index in [-0.39, 0.29) is 16.1 Å². The summed E-state index contributed by atoms with van der Waals surface area (Å²) in [7, 11) is 0. The number of para-hydroxylation sites is 1. The number of hydrogen-bond acceptors (Lipinski definition) is 5. The van der Waals surface area contributed by atoms with Crippen LogP contribution in [0.15, 0.2) is 47.5 Å². The molecule has 1 N–H and O–H groups in total. The predicted molar refractivity (Wildman–Crippen MR) is 113 cm³/mol. The van der Waals surface area contributed by atoms with Gasteiger partial charge in [-0.05, 0) is 42.5 Å². The van der Waals surface area contributed by atoms with Crippen molar-refractivity contribution >= 4 is 28.3 Å². The average molecular weight is 382 g/mol. The second-order valence-corrected chi connectivity index (χ2v) is 8.22. The van der Waals surface area contributed by atoms with Crippen LogP contribution < -0.4 is 5.32 Å². The van der Waals surface area contributed by atoms with Crippen LogP contribution in [0.5, 0.6) is 0 Å². The van der Waals surface area contributed by atoms with Gasteiger partial charge in [-0.1, -0.05) is 49.7 Å². The Balaban J connectivity index is 1.67. The van der Waals surface area contributed by atoms with Gasteiger partial charge in [0, 0.05) is 29.1 Å². The lowest BCUT2D eigenvalue weighted by Crippen LogP contribution is -2.21. The molecule has 1 aliphatic carbocycles. The first-order valence-electron chi connectivity index (χ1n) is 9.47. The number of nitro benzene ring substituents is 1. The molecular formula is C21H23N3O2S. The van der Waals surface area contributed by atoms with Gasteiger partial charge < -0.3 is 5.32 Å². The number of non-ortho nitro benzene ring substituents is 1. The summed E-state index contributed by atoms with van der Waals surface area (Å²) < 4.78 is 0. The van der Waals surface area contributed by atoms with E-state index in [9.17, 15) is 10.1 Å². The summed E-state index contributed by atoms with van der Waals surface area (Å²) >= 11 is 1.80. The van der Waals surface area contributed by atoms with Crippen LogP contribution in [0.1, 0.15) is 38.2 Å². The first kappa shape index (κ1) is 18.0. The summed E-state index contributed by atoms with van der Waals surface area (Å²) in [5.41, 5.74) is 4.35. The third kappa shape index (κ3) is 3.58. The molecule has 1 spiro atoms. The molecular weight excluding hydrogens is 358 g/mol. The van der Waals surface area contributed by atoms with Gasteiger partial charge in [-0.3, -0.25) is 15.1 Å². The van der Waals surface area contributed by atoms with Crippen molar-refractivity contribution in [1.29, 1.82) is 0 Å². The Hall–Kier alpha value is -2.34. The van der Waals surface area contributed by atoms with Gasteiger partial charge in [0.2, 0.25) is 0 Å². The minimum atomic E-state index is -0.335. The standard InChI is InChI=1S/C21H23N3O2S/c1-2-15-13-16(24(25)26)9-10-17(15)18-7-3-4-8-19(18)22-20-23-21(14-27-20)11-5-6-12-21/h3-4,7-10,13H,2,5-6,11-12,14H2,1H3,(H,22,23). The maximum absolute atomic E-state index is 11.1. The fourth-order valence-electron chi connectivity index (χ4n) is 4.03. The van der Waals surface area contributed by atoms with Crippen molar-refractivity contribution in [3.63, 3.8) is 0 Å². The Labute approximate surface area is 163 Å². The van der Waals surface area contributed by atoms with Gasteiger partial charge in [0.1, 0.15) is 0 Å². The van der Waals surface area contributed by atoms with Crippen LogP contribution in [0.4, 0.5) is 11.4 Å². The zero-order valence-electron chi connectivity index (χ0n) is 15.4. The minimum absolute atomic E-state index is 0.139. The van der Waals surface area contributed by atoms with Crippen LogP contribution in [0, 0.1) is 10.1 Å². The molecule has 1 aliphatic heterocycles. The molecule has 1 heterocycles.